The number of hydrogen-bond donors (Lipinski definition) is 3. The lowest BCUT2D eigenvalue weighted by molar-refractivity contribution is 0.580. The van der Waals surface area contributed by atoms with Crippen LogP contribution >= 0.6 is 0 Å². The molecule has 1 aromatic heterocycles. The van der Waals surface area contributed by atoms with E-state index in [2.05, 4.69) is 20.0 Å². The van der Waals surface area contributed by atoms with Crippen molar-refractivity contribution in [2.45, 2.75) is 17.9 Å². The number of H-pyrrole nitrogens is 1. The van der Waals surface area contributed by atoms with E-state index in [1.165, 1.54) is 6.33 Å². The average molecular weight is 278 g/mol. The number of imidazole rings is 1. The third kappa shape index (κ3) is 2.47. The number of sulfonamides is 1. The van der Waals surface area contributed by atoms with Crippen LogP contribution in [0.15, 0.2) is 35.6 Å². The highest BCUT2D eigenvalue weighted by Gasteiger charge is 2.18. The minimum atomic E-state index is -3.50. The highest BCUT2D eigenvalue weighted by molar-refractivity contribution is 7.89. The molecule has 0 saturated carbocycles. The maximum Gasteiger partial charge on any atom is 0.240 e. The van der Waals surface area contributed by atoms with Gasteiger partial charge in [0.25, 0.3) is 0 Å². The maximum absolute atomic E-state index is 12.2. The number of rotatable bonds is 4. The first-order valence-corrected chi connectivity index (χ1v) is 7.47. The molecule has 0 atom stereocenters. The van der Waals surface area contributed by atoms with Crippen molar-refractivity contribution in [1.82, 2.24) is 14.7 Å². The number of hydrogen-bond acceptors (Lipinski definition) is 4. The molecule has 19 heavy (non-hydrogen) atoms. The number of nitrogens with one attached hydrogen (secondary N) is 3. The third-order valence-electron chi connectivity index (χ3n) is 3.11. The van der Waals surface area contributed by atoms with Gasteiger partial charge in [-0.15, -0.1) is 0 Å². The fourth-order valence-corrected chi connectivity index (χ4v) is 3.11. The molecule has 3 N–H and O–H groups in total. The van der Waals surface area contributed by atoms with Gasteiger partial charge in [-0.25, -0.2) is 18.1 Å². The first-order valence-electron chi connectivity index (χ1n) is 5.99. The Morgan fingerprint density at radius 2 is 2.26 bits per heavy atom. The van der Waals surface area contributed by atoms with E-state index in [9.17, 15) is 8.42 Å². The van der Waals surface area contributed by atoms with Gasteiger partial charge in [0.1, 0.15) is 0 Å². The van der Waals surface area contributed by atoms with Crippen molar-refractivity contribution in [1.29, 1.82) is 0 Å². The summed E-state index contributed by atoms with van der Waals surface area (Å²) in [7, 11) is -3.50. The Morgan fingerprint density at radius 3 is 3.05 bits per heavy atom. The number of fused-ring (bicyclic) bond motifs is 1. The molecule has 1 aliphatic rings. The first-order chi connectivity index (χ1) is 9.15. The van der Waals surface area contributed by atoms with Crippen LogP contribution in [0, 0.1) is 0 Å². The van der Waals surface area contributed by atoms with Crippen LogP contribution in [0.2, 0.25) is 0 Å². The van der Waals surface area contributed by atoms with Gasteiger partial charge >= 0.3 is 0 Å². The van der Waals surface area contributed by atoms with Crippen molar-refractivity contribution in [2.24, 2.45) is 0 Å². The largest absolute Gasteiger partial charge is 0.384 e. The smallest absolute Gasteiger partial charge is 0.240 e. The summed E-state index contributed by atoms with van der Waals surface area (Å²) in [5, 5.41) is 3.17. The topological polar surface area (TPSA) is 86.9 Å². The summed E-state index contributed by atoms with van der Waals surface area (Å²) < 4.78 is 26.9. The van der Waals surface area contributed by atoms with Gasteiger partial charge in [0.05, 0.1) is 17.8 Å². The zero-order valence-corrected chi connectivity index (χ0v) is 11.0. The van der Waals surface area contributed by atoms with Gasteiger partial charge in [-0.2, -0.15) is 0 Å². The van der Waals surface area contributed by atoms with E-state index in [0.717, 1.165) is 29.9 Å². The number of benzene rings is 1. The first kappa shape index (κ1) is 12.2. The Bertz CT molecular complexity index is 680. The predicted molar refractivity (Wildman–Crippen MR) is 71.2 cm³/mol. The summed E-state index contributed by atoms with van der Waals surface area (Å²) in [6.07, 6.45) is 4.05. The Kier molecular flexibility index (Phi) is 3.00. The molecule has 2 heterocycles. The number of aromatic nitrogens is 2. The summed E-state index contributed by atoms with van der Waals surface area (Å²) in [4.78, 5) is 6.97. The van der Waals surface area contributed by atoms with Gasteiger partial charge in [0, 0.05) is 24.1 Å². The molecule has 100 valence electrons. The Morgan fingerprint density at radius 1 is 1.37 bits per heavy atom. The lowest BCUT2D eigenvalue weighted by Gasteiger charge is -2.07. The standard InChI is InChI=1S/C12H14N4O2S/c17-19(18,16-7-10-6-13-8-15-10)11-2-1-9-3-4-14-12(9)5-11/h1-2,5-6,8,14,16H,3-4,7H2,(H,13,15). The lowest BCUT2D eigenvalue weighted by Crippen LogP contribution is -2.23. The predicted octanol–water partition coefficient (Wildman–Crippen LogP) is 0.856. The van der Waals surface area contributed by atoms with Gasteiger partial charge in [-0.1, -0.05) is 6.07 Å². The molecular weight excluding hydrogens is 264 g/mol. The molecule has 7 heteroatoms. The zero-order valence-electron chi connectivity index (χ0n) is 10.2. The molecule has 0 aliphatic carbocycles. The van der Waals surface area contributed by atoms with E-state index < -0.39 is 10.0 Å². The van der Waals surface area contributed by atoms with Crippen molar-refractivity contribution in [3.8, 4) is 0 Å². The second-order valence-corrected chi connectivity index (χ2v) is 6.16. The SMILES string of the molecule is O=S(=O)(NCc1cnc[nH]1)c1ccc2c(c1)NCC2. The van der Waals surface area contributed by atoms with Crippen LogP contribution in [0.4, 0.5) is 5.69 Å². The van der Waals surface area contributed by atoms with Crippen molar-refractivity contribution >= 4 is 15.7 Å². The van der Waals surface area contributed by atoms with Crippen LogP contribution in [0.1, 0.15) is 11.3 Å². The second kappa shape index (κ2) is 4.67. The second-order valence-electron chi connectivity index (χ2n) is 4.40. The van der Waals surface area contributed by atoms with Gasteiger partial charge in [-0.3, -0.25) is 0 Å². The van der Waals surface area contributed by atoms with Gasteiger partial charge in [-0.05, 0) is 24.1 Å². The van der Waals surface area contributed by atoms with E-state index in [4.69, 9.17) is 0 Å². The molecule has 0 radical (unpaired) electrons. The molecule has 6 nitrogen and oxygen atoms in total. The van der Waals surface area contributed by atoms with Crippen LogP contribution in [0.5, 0.6) is 0 Å². The lowest BCUT2D eigenvalue weighted by atomic mass is 10.2. The van der Waals surface area contributed by atoms with Crippen molar-refractivity contribution in [2.75, 3.05) is 11.9 Å². The molecular formula is C12H14N4O2S. The summed E-state index contributed by atoms with van der Waals surface area (Å²) in [5.74, 6) is 0. The Labute approximate surface area is 111 Å². The normalized spacial score (nSPS) is 14.1. The van der Waals surface area contributed by atoms with E-state index in [1.807, 2.05) is 6.07 Å². The Hall–Kier alpha value is -1.86. The summed E-state index contributed by atoms with van der Waals surface area (Å²) in [5.41, 5.74) is 2.79. The molecule has 1 aromatic carbocycles. The minimum Gasteiger partial charge on any atom is -0.384 e. The molecule has 1 aliphatic heterocycles. The van der Waals surface area contributed by atoms with Crippen LogP contribution in [0.25, 0.3) is 0 Å². The molecule has 0 spiro atoms. The molecule has 3 rings (SSSR count). The van der Waals surface area contributed by atoms with E-state index in [1.54, 1.807) is 18.3 Å². The van der Waals surface area contributed by atoms with Crippen LogP contribution in [0.3, 0.4) is 0 Å². The van der Waals surface area contributed by atoms with Gasteiger partial charge in [0.15, 0.2) is 0 Å². The monoisotopic (exact) mass is 278 g/mol. The fraction of sp³-hybridized carbons (Fsp3) is 0.250. The van der Waals surface area contributed by atoms with Crippen LogP contribution in [-0.2, 0) is 23.0 Å². The molecule has 0 saturated heterocycles. The van der Waals surface area contributed by atoms with E-state index >= 15 is 0 Å². The molecule has 0 bridgehead atoms. The zero-order chi connectivity index (χ0) is 13.3. The van der Waals surface area contributed by atoms with E-state index in [-0.39, 0.29) is 11.4 Å². The molecule has 0 amide bonds. The highest BCUT2D eigenvalue weighted by atomic mass is 32.2. The summed E-state index contributed by atoms with van der Waals surface area (Å²) >= 11 is 0. The fourth-order valence-electron chi connectivity index (χ4n) is 2.07. The van der Waals surface area contributed by atoms with Crippen molar-refractivity contribution < 1.29 is 8.42 Å². The quantitative estimate of drug-likeness (QED) is 0.774. The summed E-state index contributed by atoms with van der Waals surface area (Å²) in [6.45, 7) is 1.06. The Balaban J connectivity index is 1.80. The third-order valence-corrected chi connectivity index (χ3v) is 4.51. The maximum atomic E-state index is 12.2. The van der Waals surface area contributed by atoms with Crippen molar-refractivity contribution in [3.63, 3.8) is 0 Å². The van der Waals surface area contributed by atoms with Crippen LogP contribution < -0.4 is 10.0 Å². The van der Waals surface area contributed by atoms with E-state index in [0.29, 0.717) is 0 Å². The summed E-state index contributed by atoms with van der Waals surface area (Å²) in [6, 6.07) is 5.18. The number of anilines is 1. The average Bonchev–Trinajstić information content (AvgIpc) is 3.06. The van der Waals surface area contributed by atoms with Gasteiger partial charge in [0.2, 0.25) is 10.0 Å². The molecule has 0 unspecified atom stereocenters. The van der Waals surface area contributed by atoms with Crippen molar-refractivity contribution in [3.05, 3.63) is 42.0 Å². The van der Waals surface area contributed by atoms with Crippen LogP contribution in [-0.4, -0.2) is 24.9 Å². The molecule has 0 fully saturated rings. The van der Waals surface area contributed by atoms with Gasteiger partial charge < -0.3 is 10.3 Å². The number of aromatic amines is 1. The number of nitrogens with zero attached hydrogens (tertiary/aromatic N) is 1. The molecule has 2 aromatic rings. The minimum absolute atomic E-state index is 0.201. The highest BCUT2D eigenvalue weighted by Crippen LogP contribution is 2.25.